The highest BCUT2D eigenvalue weighted by Gasteiger charge is 2.40. The van der Waals surface area contributed by atoms with E-state index in [-0.39, 0.29) is 31.8 Å². The molecule has 3 rings (SSSR count). The van der Waals surface area contributed by atoms with E-state index in [1.165, 1.54) is 17.4 Å². The molecule has 1 aromatic heterocycles. The number of nitrogens with zero attached hydrogens (tertiary/aromatic N) is 2. The fraction of sp³-hybridized carbons (Fsp3) is 0.476. The lowest BCUT2D eigenvalue weighted by Crippen LogP contribution is -2.45. The zero-order valence-electron chi connectivity index (χ0n) is 17.5. The number of amides is 1. The third kappa shape index (κ3) is 5.69. The highest BCUT2D eigenvalue weighted by Crippen LogP contribution is 2.36. The Morgan fingerprint density at radius 2 is 1.88 bits per heavy atom. The Bertz CT molecular complexity index is 1000. The number of hydrogen-bond donors (Lipinski definition) is 0. The number of halogens is 3. The number of sulfonamides is 1. The van der Waals surface area contributed by atoms with Crippen molar-refractivity contribution in [2.45, 2.75) is 30.5 Å². The number of hydrogen-bond acceptors (Lipinski definition) is 5. The third-order valence-electron chi connectivity index (χ3n) is 5.42. The maximum atomic E-state index is 13.3. The summed E-state index contributed by atoms with van der Waals surface area (Å²) in [6, 6.07) is 8.02. The normalized spacial score (nSPS) is 16.2. The van der Waals surface area contributed by atoms with Crippen LogP contribution in [0.4, 0.5) is 13.2 Å². The SMILES string of the molecule is COCCN(Cc1cccs1)C(=O)C1CCN(S(=O)(=O)c2ccccc2C(F)(F)F)CC1. The molecule has 1 fully saturated rings. The molecular weight excluding hydrogens is 465 g/mol. The maximum absolute atomic E-state index is 13.3. The van der Waals surface area contributed by atoms with E-state index in [4.69, 9.17) is 4.74 Å². The molecule has 0 saturated carbocycles. The Hall–Kier alpha value is -1.95. The first-order valence-corrected chi connectivity index (χ1v) is 12.4. The van der Waals surface area contributed by atoms with Gasteiger partial charge >= 0.3 is 6.18 Å². The Morgan fingerprint density at radius 1 is 1.19 bits per heavy atom. The fourth-order valence-electron chi connectivity index (χ4n) is 3.73. The summed E-state index contributed by atoms with van der Waals surface area (Å²) < 4.78 is 72.0. The zero-order valence-corrected chi connectivity index (χ0v) is 19.2. The molecule has 176 valence electrons. The summed E-state index contributed by atoms with van der Waals surface area (Å²) in [5, 5.41) is 1.93. The lowest BCUT2D eigenvalue weighted by atomic mass is 9.96. The van der Waals surface area contributed by atoms with Crippen LogP contribution in [0.3, 0.4) is 0 Å². The van der Waals surface area contributed by atoms with E-state index in [9.17, 15) is 26.4 Å². The Kier molecular flexibility index (Phi) is 7.97. The quantitative estimate of drug-likeness (QED) is 0.564. The van der Waals surface area contributed by atoms with Crippen LogP contribution in [-0.4, -0.2) is 56.9 Å². The number of piperidine rings is 1. The van der Waals surface area contributed by atoms with Crippen LogP contribution in [0.5, 0.6) is 0 Å². The summed E-state index contributed by atoms with van der Waals surface area (Å²) in [6.07, 6.45) is -4.28. The van der Waals surface area contributed by atoms with Crippen LogP contribution in [0.1, 0.15) is 23.3 Å². The Morgan fingerprint density at radius 3 is 2.47 bits per heavy atom. The van der Waals surface area contributed by atoms with Gasteiger partial charge < -0.3 is 9.64 Å². The Balaban J connectivity index is 1.70. The predicted molar refractivity (Wildman–Crippen MR) is 115 cm³/mol. The first kappa shape index (κ1) is 24.7. The smallest absolute Gasteiger partial charge is 0.383 e. The third-order valence-corrected chi connectivity index (χ3v) is 8.24. The molecule has 2 aromatic rings. The van der Waals surface area contributed by atoms with Crippen molar-refractivity contribution in [3.05, 3.63) is 52.2 Å². The van der Waals surface area contributed by atoms with E-state index in [1.54, 1.807) is 12.0 Å². The largest absolute Gasteiger partial charge is 0.417 e. The van der Waals surface area contributed by atoms with Crippen molar-refractivity contribution >= 4 is 27.3 Å². The van der Waals surface area contributed by atoms with Crippen LogP contribution >= 0.6 is 11.3 Å². The molecule has 1 aromatic carbocycles. The number of carbonyl (C=O) groups is 1. The molecule has 0 bridgehead atoms. The first-order valence-electron chi connectivity index (χ1n) is 10.1. The van der Waals surface area contributed by atoms with E-state index >= 15 is 0 Å². The summed E-state index contributed by atoms with van der Waals surface area (Å²) in [5.41, 5.74) is -1.18. The van der Waals surface area contributed by atoms with Gasteiger partial charge in [0.2, 0.25) is 15.9 Å². The van der Waals surface area contributed by atoms with Gasteiger partial charge in [-0.1, -0.05) is 18.2 Å². The van der Waals surface area contributed by atoms with Crippen LogP contribution in [0.2, 0.25) is 0 Å². The summed E-state index contributed by atoms with van der Waals surface area (Å²) >= 11 is 1.54. The molecular formula is C21H25F3N2O4S2. The lowest BCUT2D eigenvalue weighted by molar-refractivity contribution is -0.140. The standard InChI is InChI=1S/C21H25F3N2O4S2/c1-30-13-12-25(15-17-5-4-14-31-17)20(27)16-8-10-26(11-9-16)32(28,29)19-7-3-2-6-18(19)21(22,23)24/h2-7,14,16H,8-13,15H2,1H3. The topological polar surface area (TPSA) is 66.9 Å². The highest BCUT2D eigenvalue weighted by atomic mass is 32.2. The average Bonchev–Trinajstić information content (AvgIpc) is 3.29. The molecule has 0 unspecified atom stereocenters. The first-order chi connectivity index (χ1) is 15.1. The molecule has 0 N–H and O–H groups in total. The molecule has 1 amide bonds. The molecule has 0 radical (unpaired) electrons. The van der Waals surface area contributed by atoms with Crippen molar-refractivity contribution in [2.75, 3.05) is 33.4 Å². The molecule has 0 aliphatic carbocycles. The number of ether oxygens (including phenoxy) is 1. The van der Waals surface area contributed by atoms with Gasteiger partial charge in [0.25, 0.3) is 0 Å². The van der Waals surface area contributed by atoms with Crippen molar-refractivity contribution in [3.8, 4) is 0 Å². The van der Waals surface area contributed by atoms with E-state index in [0.717, 1.165) is 27.4 Å². The number of benzene rings is 1. The fourth-order valence-corrected chi connectivity index (χ4v) is 6.13. The molecule has 32 heavy (non-hydrogen) atoms. The van der Waals surface area contributed by atoms with E-state index in [1.807, 2.05) is 17.5 Å². The second-order valence-corrected chi connectivity index (χ2v) is 10.4. The van der Waals surface area contributed by atoms with Crippen molar-refractivity contribution in [2.24, 2.45) is 5.92 Å². The monoisotopic (exact) mass is 490 g/mol. The van der Waals surface area contributed by atoms with Crippen LogP contribution in [-0.2, 0) is 32.3 Å². The van der Waals surface area contributed by atoms with Gasteiger partial charge in [0.15, 0.2) is 0 Å². The van der Waals surface area contributed by atoms with Crippen LogP contribution in [0, 0.1) is 5.92 Å². The average molecular weight is 491 g/mol. The summed E-state index contributed by atoms with van der Waals surface area (Å²) in [5.74, 6) is -0.487. The maximum Gasteiger partial charge on any atom is 0.417 e. The van der Waals surface area contributed by atoms with Gasteiger partial charge in [-0.25, -0.2) is 8.42 Å². The van der Waals surface area contributed by atoms with Crippen molar-refractivity contribution in [3.63, 3.8) is 0 Å². The number of carbonyl (C=O) groups excluding carboxylic acids is 1. The molecule has 0 spiro atoms. The molecule has 11 heteroatoms. The molecule has 6 nitrogen and oxygen atoms in total. The molecule has 1 aliphatic rings. The van der Waals surface area contributed by atoms with Gasteiger partial charge in [-0.05, 0) is 36.4 Å². The van der Waals surface area contributed by atoms with E-state index in [0.29, 0.717) is 19.7 Å². The van der Waals surface area contributed by atoms with Gasteiger partial charge in [0.1, 0.15) is 0 Å². The minimum Gasteiger partial charge on any atom is -0.383 e. The van der Waals surface area contributed by atoms with Crippen molar-refractivity contribution in [1.29, 1.82) is 0 Å². The van der Waals surface area contributed by atoms with Gasteiger partial charge in [-0.15, -0.1) is 11.3 Å². The minimum absolute atomic E-state index is 0.0119. The number of methoxy groups -OCH3 is 1. The number of alkyl halides is 3. The Labute approximate surface area is 189 Å². The second-order valence-electron chi connectivity index (χ2n) is 7.50. The molecule has 1 saturated heterocycles. The van der Waals surface area contributed by atoms with Crippen molar-refractivity contribution in [1.82, 2.24) is 9.21 Å². The van der Waals surface area contributed by atoms with E-state index < -0.39 is 32.6 Å². The zero-order chi connectivity index (χ0) is 23.4. The minimum atomic E-state index is -4.78. The molecule has 0 atom stereocenters. The second kappa shape index (κ2) is 10.3. The van der Waals surface area contributed by atoms with Crippen LogP contribution in [0.15, 0.2) is 46.7 Å². The molecule has 2 heterocycles. The molecule has 1 aliphatic heterocycles. The number of thiophene rings is 1. The summed E-state index contributed by atoms with van der Waals surface area (Å²) in [4.78, 5) is 15.1. The van der Waals surface area contributed by atoms with Crippen molar-refractivity contribution < 1.29 is 31.1 Å². The van der Waals surface area contributed by atoms with Gasteiger partial charge in [-0.2, -0.15) is 17.5 Å². The lowest BCUT2D eigenvalue weighted by Gasteiger charge is -2.34. The van der Waals surface area contributed by atoms with E-state index in [2.05, 4.69) is 0 Å². The predicted octanol–water partition coefficient (Wildman–Crippen LogP) is 3.84. The number of rotatable bonds is 8. The highest BCUT2D eigenvalue weighted by molar-refractivity contribution is 7.89. The van der Waals surface area contributed by atoms with Crippen LogP contribution < -0.4 is 0 Å². The van der Waals surface area contributed by atoms with Gasteiger partial charge in [-0.3, -0.25) is 4.79 Å². The van der Waals surface area contributed by atoms with Crippen LogP contribution in [0.25, 0.3) is 0 Å². The van der Waals surface area contributed by atoms with Gasteiger partial charge in [0, 0.05) is 37.5 Å². The summed E-state index contributed by atoms with van der Waals surface area (Å²) in [7, 11) is -2.78. The summed E-state index contributed by atoms with van der Waals surface area (Å²) in [6.45, 7) is 1.20. The van der Waals surface area contributed by atoms with Gasteiger partial charge in [0.05, 0.1) is 23.6 Å².